The summed E-state index contributed by atoms with van der Waals surface area (Å²) in [6, 6.07) is 10.2. The summed E-state index contributed by atoms with van der Waals surface area (Å²) in [5, 5.41) is 11.6. The maximum atomic E-state index is 5.71. The van der Waals surface area contributed by atoms with Gasteiger partial charge in [-0.15, -0.1) is 10.2 Å². The Bertz CT molecular complexity index is 474. The molecule has 4 heteroatoms. The van der Waals surface area contributed by atoms with Crippen molar-refractivity contribution in [3.63, 3.8) is 0 Å². The molecule has 1 aromatic heterocycles. The zero-order valence-corrected chi connectivity index (χ0v) is 9.60. The van der Waals surface area contributed by atoms with Gasteiger partial charge < -0.3 is 9.73 Å². The minimum absolute atomic E-state index is 0.395. The SMILES string of the molecule is c1ccc(Cc2nnc([C@H]3CCNC3)o2)cc1. The van der Waals surface area contributed by atoms with Crippen LogP contribution in [0.2, 0.25) is 0 Å². The molecule has 0 aliphatic carbocycles. The van der Waals surface area contributed by atoms with Crippen LogP contribution in [0.5, 0.6) is 0 Å². The van der Waals surface area contributed by atoms with Gasteiger partial charge in [-0.3, -0.25) is 0 Å². The van der Waals surface area contributed by atoms with Gasteiger partial charge in [-0.25, -0.2) is 0 Å². The van der Waals surface area contributed by atoms with Crippen molar-refractivity contribution in [2.45, 2.75) is 18.8 Å². The average Bonchev–Trinajstić information content (AvgIpc) is 3.00. The van der Waals surface area contributed by atoms with Gasteiger partial charge in [-0.05, 0) is 18.5 Å². The van der Waals surface area contributed by atoms with Crippen LogP contribution in [-0.2, 0) is 6.42 Å². The van der Waals surface area contributed by atoms with Crippen LogP contribution in [0, 0.1) is 0 Å². The van der Waals surface area contributed by atoms with E-state index < -0.39 is 0 Å². The van der Waals surface area contributed by atoms with Crippen molar-refractivity contribution in [1.82, 2.24) is 15.5 Å². The van der Waals surface area contributed by atoms with E-state index in [-0.39, 0.29) is 0 Å². The van der Waals surface area contributed by atoms with Crippen LogP contribution in [0.3, 0.4) is 0 Å². The van der Waals surface area contributed by atoms with E-state index >= 15 is 0 Å². The van der Waals surface area contributed by atoms with Crippen LogP contribution >= 0.6 is 0 Å². The highest BCUT2D eigenvalue weighted by Gasteiger charge is 2.22. The molecular formula is C13H15N3O. The molecule has 2 aromatic rings. The second-order valence-corrected chi connectivity index (χ2v) is 4.39. The van der Waals surface area contributed by atoms with Crippen molar-refractivity contribution in [3.05, 3.63) is 47.7 Å². The number of nitrogens with one attached hydrogen (secondary N) is 1. The average molecular weight is 229 g/mol. The molecule has 0 saturated carbocycles. The second-order valence-electron chi connectivity index (χ2n) is 4.39. The van der Waals surface area contributed by atoms with Crippen LogP contribution in [-0.4, -0.2) is 23.3 Å². The first kappa shape index (κ1) is 10.5. The van der Waals surface area contributed by atoms with E-state index in [0.717, 1.165) is 25.4 Å². The van der Waals surface area contributed by atoms with Gasteiger partial charge >= 0.3 is 0 Å². The molecule has 2 heterocycles. The zero-order valence-electron chi connectivity index (χ0n) is 9.60. The lowest BCUT2D eigenvalue weighted by atomic mass is 10.1. The lowest BCUT2D eigenvalue weighted by molar-refractivity contribution is 0.429. The highest BCUT2D eigenvalue weighted by atomic mass is 16.4. The van der Waals surface area contributed by atoms with Crippen molar-refractivity contribution >= 4 is 0 Å². The Labute approximate surface area is 100 Å². The van der Waals surface area contributed by atoms with E-state index in [9.17, 15) is 0 Å². The summed E-state index contributed by atoms with van der Waals surface area (Å²) in [6.45, 7) is 1.99. The number of benzene rings is 1. The van der Waals surface area contributed by atoms with Crippen molar-refractivity contribution in [2.75, 3.05) is 13.1 Å². The molecule has 0 unspecified atom stereocenters. The van der Waals surface area contributed by atoms with Gasteiger partial charge in [0.25, 0.3) is 0 Å². The molecule has 88 valence electrons. The second kappa shape index (κ2) is 4.67. The predicted octanol–water partition coefficient (Wildman–Crippen LogP) is 1.74. The van der Waals surface area contributed by atoms with E-state index in [1.54, 1.807) is 0 Å². The van der Waals surface area contributed by atoms with Gasteiger partial charge in [-0.2, -0.15) is 0 Å². The Morgan fingerprint density at radius 3 is 2.88 bits per heavy atom. The molecular weight excluding hydrogens is 214 g/mol. The van der Waals surface area contributed by atoms with Gasteiger partial charge in [0.2, 0.25) is 11.8 Å². The first-order valence-corrected chi connectivity index (χ1v) is 5.99. The first-order valence-electron chi connectivity index (χ1n) is 5.99. The van der Waals surface area contributed by atoms with Gasteiger partial charge in [0.05, 0.1) is 12.3 Å². The number of hydrogen-bond acceptors (Lipinski definition) is 4. The summed E-state index contributed by atoms with van der Waals surface area (Å²) in [5.74, 6) is 1.88. The Morgan fingerprint density at radius 1 is 1.24 bits per heavy atom. The number of aromatic nitrogens is 2. The Morgan fingerprint density at radius 2 is 2.12 bits per heavy atom. The fraction of sp³-hybridized carbons (Fsp3) is 0.385. The van der Waals surface area contributed by atoms with Crippen LogP contribution in [0.25, 0.3) is 0 Å². The quantitative estimate of drug-likeness (QED) is 0.871. The van der Waals surface area contributed by atoms with E-state index in [2.05, 4.69) is 27.6 Å². The topological polar surface area (TPSA) is 51.0 Å². The number of hydrogen-bond donors (Lipinski definition) is 1. The smallest absolute Gasteiger partial charge is 0.220 e. The maximum absolute atomic E-state index is 5.71. The standard InChI is InChI=1S/C13H15N3O/c1-2-4-10(5-3-1)8-12-15-16-13(17-12)11-6-7-14-9-11/h1-5,11,14H,6-9H2/t11-/m0/s1. The summed E-state index contributed by atoms with van der Waals surface area (Å²) in [6.07, 6.45) is 1.81. The lowest BCUT2D eigenvalue weighted by Gasteiger charge is -2.00. The minimum atomic E-state index is 0.395. The molecule has 1 aliphatic rings. The zero-order chi connectivity index (χ0) is 11.5. The van der Waals surface area contributed by atoms with Crippen molar-refractivity contribution in [2.24, 2.45) is 0 Å². The maximum Gasteiger partial charge on any atom is 0.220 e. The monoisotopic (exact) mass is 229 g/mol. The fourth-order valence-corrected chi connectivity index (χ4v) is 2.14. The van der Waals surface area contributed by atoms with Crippen LogP contribution in [0.1, 0.15) is 29.7 Å². The summed E-state index contributed by atoms with van der Waals surface area (Å²) < 4.78 is 5.71. The molecule has 0 amide bonds. The third kappa shape index (κ3) is 2.36. The molecule has 1 saturated heterocycles. The summed E-state index contributed by atoms with van der Waals surface area (Å²) in [7, 11) is 0. The fourth-order valence-electron chi connectivity index (χ4n) is 2.14. The molecule has 1 aliphatic heterocycles. The van der Waals surface area contributed by atoms with Crippen molar-refractivity contribution in [3.8, 4) is 0 Å². The molecule has 1 atom stereocenters. The predicted molar refractivity (Wildman–Crippen MR) is 63.8 cm³/mol. The van der Waals surface area contributed by atoms with Gasteiger partial charge in [0.1, 0.15) is 0 Å². The van der Waals surface area contributed by atoms with Gasteiger partial charge in [-0.1, -0.05) is 30.3 Å². The summed E-state index contributed by atoms with van der Waals surface area (Å²) in [4.78, 5) is 0. The third-order valence-electron chi connectivity index (χ3n) is 3.09. The van der Waals surface area contributed by atoms with E-state index in [4.69, 9.17) is 4.42 Å². The molecule has 1 fully saturated rings. The van der Waals surface area contributed by atoms with Gasteiger partial charge in [0, 0.05) is 6.54 Å². The van der Waals surface area contributed by atoms with Crippen LogP contribution in [0.4, 0.5) is 0 Å². The van der Waals surface area contributed by atoms with E-state index in [1.807, 2.05) is 18.2 Å². The lowest BCUT2D eigenvalue weighted by Crippen LogP contribution is -2.08. The van der Waals surface area contributed by atoms with Crippen molar-refractivity contribution < 1.29 is 4.42 Å². The Hall–Kier alpha value is -1.68. The van der Waals surface area contributed by atoms with Gasteiger partial charge in [0.15, 0.2) is 0 Å². The summed E-state index contributed by atoms with van der Waals surface area (Å²) in [5.41, 5.74) is 1.20. The highest BCUT2D eigenvalue weighted by molar-refractivity contribution is 5.17. The largest absolute Gasteiger partial charge is 0.425 e. The first-order chi connectivity index (χ1) is 8.42. The highest BCUT2D eigenvalue weighted by Crippen LogP contribution is 2.21. The van der Waals surface area contributed by atoms with E-state index in [1.165, 1.54) is 5.56 Å². The molecule has 0 radical (unpaired) electrons. The van der Waals surface area contributed by atoms with Crippen LogP contribution in [0.15, 0.2) is 34.7 Å². The van der Waals surface area contributed by atoms with Crippen molar-refractivity contribution in [1.29, 1.82) is 0 Å². The minimum Gasteiger partial charge on any atom is -0.425 e. The molecule has 0 spiro atoms. The third-order valence-corrected chi connectivity index (χ3v) is 3.09. The molecule has 0 bridgehead atoms. The molecule has 17 heavy (non-hydrogen) atoms. The molecule has 1 N–H and O–H groups in total. The van der Waals surface area contributed by atoms with Crippen LogP contribution < -0.4 is 5.32 Å². The Kier molecular flexibility index (Phi) is 2.88. The molecule has 3 rings (SSSR count). The normalized spacial score (nSPS) is 19.6. The number of nitrogens with zero attached hydrogens (tertiary/aromatic N) is 2. The van der Waals surface area contributed by atoms with E-state index in [0.29, 0.717) is 18.2 Å². The number of rotatable bonds is 3. The summed E-state index contributed by atoms with van der Waals surface area (Å²) >= 11 is 0. The molecule has 4 nitrogen and oxygen atoms in total. The molecule has 1 aromatic carbocycles. The Balaban J connectivity index is 1.72.